The van der Waals surface area contributed by atoms with Gasteiger partial charge in [-0.15, -0.1) is 24.0 Å². The van der Waals surface area contributed by atoms with Crippen LogP contribution in [-0.2, 0) is 4.79 Å². The lowest BCUT2D eigenvalue weighted by Gasteiger charge is -2.18. The van der Waals surface area contributed by atoms with E-state index >= 15 is 0 Å². The fourth-order valence-electron chi connectivity index (χ4n) is 2.11. The van der Waals surface area contributed by atoms with Gasteiger partial charge in [-0.05, 0) is 56.9 Å². The third-order valence-corrected chi connectivity index (χ3v) is 3.44. The molecule has 0 fully saturated rings. The molecule has 0 aliphatic heterocycles. The largest absolute Gasteiger partial charge is 0.508 e. The first kappa shape index (κ1) is 23.5. The molecule has 1 amide bonds. The summed E-state index contributed by atoms with van der Waals surface area (Å²) < 4.78 is 0. The molecule has 0 spiro atoms. The van der Waals surface area contributed by atoms with Crippen LogP contribution in [0, 0.1) is 5.92 Å². The summed E-state index contributed by atoms with van der Waals surface area (Å²) in [4.78, 5) is 16.3. The molecule has 0 aromatic heterocycles. The third-order valence-electron chi connectivity index (χ3n) is 3.44. The molecular weight excluding hydrogens is 431 g/mol. The second kappa shape index (κ2) is 12.8. The van der Waals surface area contributed by atoms with Gasteiger partial charge in [0.15, 0.2) is 5.96 Å². The molecule has 0 saturated carbocycles. The zero-order valence-corrected chi connectivity index (χ0v) is 17.8. The number of anilines is 1. The van der Waals surface area contributed by atoms with E-state index in [0.29, 0.717) is 23.6 Å². The van der Waals surface area contributed by atoms with Crippen LogP contribution in [0.5, 0.6) is 5.75 Å². The molecule has 1 unspecified atom stereocenters. The van der Waals surface area contributed by atoms with Crippen molar-refractivity contribution in [1.29, 1.82) is 0 Å². The number of carbonyl (C=O) groups is 1. The van der Waals surface area contributed by atoms with Crippen LogP contribution in [0.2, 0.25) is 0 Å². The number of guanidine groups is 1. The van der Waals surface area contributed by atoms with E-state index in [1.807, 2.05) is 6.92 Å². The second-order valence-electron chi connectivity index (χ2n) is 6.31. The Kier molecular flexibility index (Phi) is 12.0. The molecule has 0 heterocycles. The minimum absolute atomic E-state index is 0. The van der Waals surface area contributed by atoms with E-state index in [0.717, 1.165) is 19.4 Å². The number of nitrogens with one attached hydrogen (secondary N) is 3. The van der Waals surface area contributed by atoms with Crippen LogP contribution in [0.1, 0.15) is 40.5 Å². The Morgan fingerprint density at radius 3 is 2.36 bits per heavy atom. The van der Waals surface area contributed by atoms with E-state index in [2.05, 4.69) is 41.7 Å². The zero-order chi connectivity index (χ0) is 17.9. The standard InChI is InChI=1S/C18H30N4O2.HI/c1-5-19-18(21-14(4)7-6-13(2)3)20-12-17(24)22-15-8-10-16(23)11-9-15;/h8-11,13-14,23H,5-7,12H2,1-4H3,(H,22,24)(H2,19,20,21);1H. The van der Waals surface area contributed by atoms with E-state index in [-0.39, 0.29) is 42.2 Å². The highest BCUT2D eigenvalue weighted by molar-refractivity contribution is 14.0. The smallest absolute Gasteiger partial charge is 0.246 e. The summed E-state index contributed by atoms with van der Waals surface area (Å²) in [6.45, 7) is 9.30. The average molecular weight is 462 g/mol. The molecule has 1 rings (SSSR count). The number of phenols is 1. The normalized spacial score (nSPS) is 12.3. The van der Waals surface area contributed by atoms with Gasteiger partial charge < -0.3 is 21.1 Å². The molecule has 0 saturated heterocycles. The zero-order valence-electron chi connectivity index (χ0n) is 15.5. The fourth-order valence-corrected chi connectivity index (χ4v) is 2.11. The van der Waals surface area contributed by atoms with Gasteiger partial charge in [-0.25, -0.2) is 4.99 Å². The van der Waals surface area contributed by atoms with Crippen LogP contribution in [0.25, 0.3) is 0 Å². The van der Waals surface area contributed by atoms with Crippen LogP contribution in [0.3, 0.4) is 0 Å². The quantitative estimate of drug-likeness (QED) is 0.207. The van der Waals surface area contributed by atoms with Gasteiger partial charge in [0.05, 0.1) is 0 Å². The third kappa shape index (κ3) is 10.9. The minimum Gasteiger partial charge on any atom is -0.508 e. The van der Waals surface area contributed by atoms with Crippen molar-refractivity contribution in [3.63, 3.8) is 0 Å². The van der Waals surface area contributed by atoms with Gasteiger partial charge in [-0.2, -0.15) is 0 Å². The van der Waals surface area contributed by atoms with Crippen LogP contribution < -0.4 is 16.0 Å². The van der Waals surface area contributed by atoms with E-state index in [1.165, 1.54) is 12.1 Å². The molecule has 0 aliphatic carbocycles. The number of nitrogens with zero attached hydrogens (tertiary/aromatic N) is 1. The van der Waals surface area contributed by atoms with Crippen molar-refractivity contribution >= 4 is 41.5 Å². The second-order valence-corrected chi connectivity index (χ2v) is 6.31. The lowest BCUT2D eigenvalue weighted by atomic mass is 10.0. The van der Waals surface area contributed by atoms with Gasteiger partial charge in [-0.1, -0.05) is 13.8 Å². The van der Waals surface area contributed by atoms with Crippen LogP contribution in [0.15, 0.2) is 29.3 Å². The molecule has 0 aliphatic rings. The first-order chi connectivity index (χ1) is 11.4. The highest BCUT2D eigenvalue weighted by Gasteiger charge is 2.07. The van der Waals surface area contributed by atoms with E-state index in [1.54, 1.807) is 12.1 Å². The Bertz CT molecular complexity index is 532. The molecule has 6 nitrogen and oxygen atoms in total. The Balaban J connectivity index is 0.00000576. The summed E-state index contributed by atoms with van der Waals surface area (Å²) >= 11 is 0. The molecule has 25 heavy (non-hydrogen) atoms. The number of hydrogen-bond donors (Lipinski definition) is 4. The van der Waals surface area contributed by atoms with Gasteiger partial charge in [0.1, 0.15) is 12.3 Å². The molecule has 0 bridgehead atoms. The van der Waals surface area contributed by atoms with E-state index in [4.69, 9.17) is 0 Å². The number of halogens is 1. The Morgan fingerprint density at radius 1 is 1.16 bits per heavy atom. The van der Waals surface area contributed by atoms with Crippen molar-refractivity contribution in [2.45, 2.75) is 46.6 Å². The molecule has 0 radical (unpaired) electrons. The number of aliphatic imine (C=N–C) groups is 1. The predicted molar refractivity (Wildman–Crippen MR) is 115 cm³/mol. The molecule has 7 heteroatoms. The van der Waals surface area contributed by atoms with Crippen molar-refractivity contribution in [1.82, 2.24) is 10.6 Å². The Labute approximate surface area is 167 Å². The van der Waals surface area contributed by atoms with Crippen molar-refractivity contribution < 1.29 is 9.90 Å². The summed E-state index contributed by atoms with van der Waals surface area (Å²) in [5.41, 5.74) is 0.635. The monoisotopic (exact) mass is 462 g/mol. The van der Waals surface area contributed by atoms with E-state index < -0.39 is 0 Å². The lowest BCUT2D eigenvalue weighted by molar-refractivity contribution is -0.114. The maximum Gasteiger partial charge on any atom is 0.246 e. The number of carbonyl (C=O) groups excluding carboxylic acids is 1. The summed E-state index contributed by atoms with van der Waals surface area (Å²) in [6.07, 6.45) is 2.21. The van der Waals surface area contributed by atoms with Crippen LogP contribution >= 0.6 is 24.0 Å². The van der Waals surface area contributed by atoms with Gasteiger partial charge in [0, 0.05) is 18.3 Å². The number of benzene rings is 1. The summed E-state index contributed by atoms with van der Waals surface area (Å²) in [7, 11) is 0. The molecule has 1 aromatic rings. The summed E-state index contributed by atoms with van der Waals surface area (Å²) in [5.74, 6) is 1.28. The minimum atomic E-state index is -0.201. The first-order valence-corrected chi connectivity index (χ1v) is 8.54. The number of rotatable bonds is 8. The molecule has 4 N–H and O–H groups in total. The maximum atomic E-state index is 12.0. The molecule has 142 valence electrons. The topological polar surface area (TPSA) is 85.8 Å². The van der Waals surface area contributed by atoms with Crippen LogP contribution in [-0.4, -0.2) is 36.1 Å². The number of aromatic hydroxyl groups is 1. The SMILES string of the molecule is CCNC(=NCC(=O)Nc1ccc(O)cc1)NC(C)CCC(C)C.I. The van der Waals surface area contributed by atoms with Gasteiger partial charge in [0.25, 0.3) is 0 Å². The van der Waals surface area contributed by atoms with Gasteiger partial charge >= 0.3 is 0 Å². The first-order valence-electron chi connectivity index (χ1n) is 8.54. The predicted octanol–water partition coefficient (Wildman–Crippen LogP) is 3.33. The summed E-state index contributed by atoms with van der Waals surface area (Å²) in [6, 6.07) is 6.65. The highest BCUT2D eigenvalue weighted by atomic mass is 127. The van der Waals surface area contributed by atoms with Crippen molar-refractivity contribution in [2.24, 2.45) is 10.9 Å². The number of phenolic OH excluding ortho intramolecular Hbond substituents is 1. The van der Waals surface area contributed by atoms with Crippen molar-refractivity contribution in [2.75, 3.05) is 18.4 Å². The number of hydrogen-bond acceptors (Lipinski definition) is 3. The summed E-state index contributed by atoms with van der Waals surface area (Å²) in [5, 5.41) is 18.5. The average Bonchev–Trinajstić information content (AvgIpc) is 2.53. The maximum absolute atomic E-state index is 12.0. The highest BCUT2D eigenvalue weighted by Crippen LogP contribution is 2.13. The Hall–Kier alpha value is -1.51. The Morgan fingerprint density at radius 2 is 1.80 bits per heavy atom. The van der Waals surface area contributed by atoms with Gasteiger partial charge in [-0.3, -0.25) is 4.79 Å². The van der Waals surface area contributed by atoms with Crippen molar-refractivity contribution in [3.8, 4) is 5.75 Å². The van der Waals surface area contributed by atoms with Crippen molar-refractivity contribution in [3.05, 3.63) is 24.3 Å². The molecule has 1 aromatic carbocycles. The lowest BCUT2D eigenvalue weighted by Crippen LogP contribution is -2.42. The van der Waals surface area contributed by atoms with Gasteiger partial charge in [0.2, 0.25) is 5.91 Å². The molecule has 1 atom stereocenters. The fraction of sp³-hybridized carbons (Fsp3) is 0.556. The van der Waals surface area contributed by atoms with E-state index in [9.17, 15) is 9.90 Å². The number of amides is 1. The van der Waals surface area contributed by atoms with Crippen LogP contribution in [0.4, 0.5) is 5.69 Å². The molecular formula is C18H31IN4O2.